The quantitative estimate of drug-likeness (QED) is 0.744. The van der Waals surface area contributed by atoms with Gasteiger partial charge in [-0.15, -0.1) is 0 Å². The van der Waals surface area contributed by atoms with Gasteiger partial charge in [-0.2, -0.15) is 0 Å². The van der Waals surface area contributed by atoms with Crippen molar-refractivity contribution in [2.75, 3.05) is 24.2 Å². The van der Waals surface area contributed by atoms with Crippen LogP contribution >= 0.6 is 0 Å². The van der Waals surface area contributed by atoms with Crippen molar-refractivity contribution in [1.29, 1.82) is 0 Å². The highest BCUT2D eigenvalue weighted by Crippen LogP contribution is 2.15. The number of amides is 1. The van der Waals surface area contributed by atoms with Gasteiger partial charge in [0, 0.05) is 18.8 Å². The van der Waals surface area contributed by atoms with Gasteiger partial charge in [0.25, 0.3) is 0 Å². The summed E-state index contributed by atoms with van der Waals surface area (Å²) >= 11 is 0. The van der Waals surface area contributed by atoms with Gasteiger partial charge < -0.3 is 15.4 Å². The highest BCUT2D eigenvalue weighted by Gasteiger charge is 2.15. The molecule has 0 aliphatic heterocycles. The van der Waals surface area contributed by atoms with Gasteiger partial charge in [-0.05, 0) is 51.5 Å². The molecule has 7 heteroatoms. The number of hydrogen-bond donors (Lipinski definition) is 2. The first kappa shape index (κ1) is 19.3. The molecule has 0 bridgehead atoms. The number of alkyl carbamates (subject to hydrolysis) is 1. The van der Waals surface area contributed by atoms with Gasteiger partial charge in [-0.3, -0.25) is 0 Å². The number of anilines is 1. The number of hydrogen-bond acceptors (Lipinski definition) is 5. The molecular formula is C16H26N2O4S. The average Bonchev–Trinajstić information content (AvgIpc) is 2.45. The monoisotopic (exact) mass is 342 g/mol. The van der Waals surface area contributed by atoms with Crippen molar-refractivity contribution in [2.24, 2.45) is 0 Å². The number of ether oxygens (including phenoxy) is 1. The molecule has 0 atom stereocenters. The maximum atomic E-state index is 11.7. The lowest BCUT2D eigenvalue weighted by atomic mass is 10.2. The molecule has 0 unspecified atom stereocenters. The molecule has 2 N–H and O–H groups in total. The third kappa shape index (κ3) is 7.36. The number of nitrogens with one attached hydrogen (secondary N) is 2. The second-order valence-electron chi connectivity index (χ2n) is 6.14. The summed E-state index contributed by atoms with van der Waals surface area (Å²) in [5.41, 5.74) is 0.348. The summed E-state index contributed by atoms with van der Waals surface area (Å²) in [6.45, 7) is 8.24. The lowest BCUT2D eigenvalue weighted by Gasteiger charge is -2.19. The summed E-state index contributed by atoms with van der Waals surface area (Å²) < 4.78 is 28.5. The molecule has 23 heavy (non-hydrogen) atoms. The van der Waals surface area contributed by atoms with E-state index in [9.17, 15) is 13.2 Å². The Morgan fingerprint density at radius 2 is 1.74 bits per heavy atom. The van der Waals surface area contributed by atoms with Crippen LogP contribution in [0.4, 0.5) is 10.5 Å². The van der Waals surface area contributed by atoms with Crippen LogP contribution in [-0.4, -0.2) is 39.0 Å². The molecule has 1 amide bonds. The van der Waals surface area contributed by atoms with Gasteiger partial charge in [0.1, 0.15) is 5.60 Å². The van der Waals surface area contributed by atoms with Crippen LogP contribution in [0.2, 0.25) is 0 Å². The van der Waals surface area contributed by atoms with Gasteiger partial charge >= 0.3 is 6.09 Å². The fourth-order valence-corrected chi connectivity index (χ4v) is 2.66. The maximum Gasteiger partial charge on any atom is 0.407 e. The van der Waals surface area contributed by atoms with Crippen LogP contribution in [0.25, 0.3) is 0 Å². The third-order valence-corrected chi connectivity index (χ3v) is 4.69. The van der Waals surface area contributed by atoms with Gasteiger partial charge in [0.05, 0.1) is 10.6 Å². The van der Waals surface area contributed by atoms with Crippen molar-refractivity contribution in [3.63, 3.8) is 0 Å². The summed E-state index contributed by atoms with van der Waals surface area (Å²) in [5, 5.41) is 5.86. The normalized spacial score (nSPS) is 11.8. The molecule has 0 aromatic heterocycles. The first-order valence-corrected chi connectivity index (χ1v) is 9.33. The topological polar surface area (TPSA) is 84.5 Å². The Balaban J connectivity index is 2.30. The molecule has 0 aliphatic carbocycles. The second kappa shape index (κ2) is 8.19. The van der Waals surface area contributed by atoms with Crippen LogP contribution in [0.5, 0.6) is 0 Å². The zero-order valence-corrected chi connectivity index (χ0v) is 15.0. The van der Waals surface area contributed by atoms with Crippen molar-refractivity contribution in [3.05, 3.63) is 24.3 Å². The highest BCUT2D eigenvalue weighted by atomic mass is 32.2. The van der Waals surface area contributed by atoms with Gasteiger partial charge in [0.15, 0.2) is 9.84 Å². The second-order valence-corrected chi connectivity index (χ2v) is 8.42. The van der Waals surface area contributed by atoms with E-state index in [0.29, 0.717) is 18.0 Å². The standard InChI is InChI=1S/C16H26N2O4S/c1-5-23(20,21)14-9-7-13(8-10-14)17-11-6-12-18-15(19)22-16(2,3)4/h7-10,17H,5-6,11-12H2,1-4H3,(H,18,19). The number of carbonyl (C=O) groups is 1. The molecule has 0 fully saturated rings. The molecule has 0 heterocycles. The Morgan fingerprint density at radius 3 is 2.26 bits per heavy atom. The van der Waals surface area contributed by atoms with Gasteiger partial charge in [-0.25, -0.2) is 13.2 Å². The summed E-state index contributed by atoms with van der Waals surface area (Å²) in [7, 11) is -3.16. The molecule has 6 nitrogen and oxygen atoms in total. The lowest BCUT2D eigenvalue weighted by molar-refractivity contribution is 0.0528. The van der Waals surface area contributed by atoms with Gasteiger partial charge in [-0.1, -0.05) is 6.92 Å². The zero-order valence-electron chi connectivity index (χ0n) is 14.2. The minimum absolute atomic E-state index is 0.0934. The van der Waals surface area contributed by atoms with Gasteiger partial charge in [0.2, 0.25) is 0 Å². The summed E-state index contributed by atoms with van der Waals surface area (Å²) in [6.07, 6.45) is 0.306. The van der Waals surface area contributed by atoms with E-state index >= 15 is 0 Å². The summed E-state index contributed by atoms with van der Waals surface area (Å²) in [6, 6.07) is 6.67. The summed E-state index contributed by atoms with van der Waals surface area (Å²) in [4.78, 5) is 11.8. The summed E-state index contributed by atoms with van der Waals surface area (Å²) in [5.74, 6) is 0.0934. The Hall–Kier alpha value is -1.76. The maximum absolute atomic E-state index is 11.7. The molecule has 1 aromatic rings. The van der Waals surface area contributed by atoms with Crippen molar-refractivity contribution in [2.45, 2.75) is 44.6 Å². The molecule has 0 radical (unpaired) electrons. The Kier molecular flexibility index (Phi) is 6.87. The number of sulfone groups is 1. The SMILES string of the molecule is CCS(=O)(=O)c1ccc(NCCCNC(=O)OC(C)(C)C)cc1. The molecule has 0 saturated heterocycles. The molecule has 0 spiro atoms. The molecule has 130 valence electrons. The van der Waals surface area contributed by atoms with Crippen LogP contribution in [0.1, 0.15) is 34.1 Å². The van der Waals surface area contributed by atoms with Crippen molar-refractivity contribution < 1.29 is 17.9 Å². The van der Waals surface area contributed by atoms with E-state index in [-0.39, 0.29) is 5.75 Å². The molecule has 1 aromatic carbocycles. The zero-order chi connectivity index (χ0) is 17.5. The Labute approximate surface area is 138 Å². The fourth-order valence-electron chi connectivity index (χ4n) is 1.77. The van der Waals surface area contributed by atoms with Crippen molar-refractivity contribution >= 4 is 21.6 Å². The van der Waals surface area contributed by atoms with Crippen LogP contribution in [0.15, 0.2) is 29.2 Å². The van der Waals surface area contributed by atoms with E-state index < -0.39 is 21.5 Å². The van der Waals surface area contributed by atoms with Crippen LogP contribution < -0.4 is 10.6 Å². The lowest BCUT2D eigenvalue weighted by Crippen LogP contribution is -2.33. The van der Waals surface area contributed by atoms with E-state index in [4.69, 9.17) is 4.74 Å². The fraction of sp³-hybridized carbons (Fsp3) is 0.562. The van der Waals surface area contributed by atoms with Crippen LogP contribution in [-0.2, 0) is 14.6 Å². The first-order valence-electron chi connectivity index (χ1n) is 7.67. The van der Waals surface area contributed by atoms with E-state index in [1.54, 1.807) is 31.2 Å². The van der Waals surface area contributed by atoms with E-state index in [2.05, 4.69) is 10.6 Å². The minimum atomic E-state index is -3.16. The largest absolute Gasteiger partial charge is 0.444 e. The highest BCUT2D eigenvalue weighted by molar-refractivity contribution is 7.91. The smallest absolute Gasteiger partial charge is 0.407 e. The molecular weight excluding hydrogens is 316 g/mol. The number of rotatable bonds is 7. The Bertz CT molecular complexity index is 604. The first-order chi connectivity index (χ1) is 10.6. The molecule has 0 aliphatic rings. The number of carbonyl (C=O) groups excluding carboxylic acids is 1. The average molecular weight is 342 g/mol. The Morgan fingerprint density at radius 1 is 1.13 bits per heavy atom. The molecule has 0 saturated carbocycles. The third-order valence-electron chi connectivity index (χ3n) is 2.94. The minimum Gasteiger partial charge on any atom is -0.444 e. The van der Waals surface area contributed by atoms with Crippen LogP contribution in [0, 0.1) is 0 Å². The molecule has 1 rings (SSSR count). The predicted molar refractivity (Wildman–Crippen MR) is 91.5 cm³/mol. The van der Waals surface area contributed by atoms with E-state index in [1.807, 2.05) is 20.8 Å². The van der Waals surface area contributed by atoms with Crippen molar-refractivity contribution in [3.8, 4) is 0 Å². The predicted octanol–water partition coefficient (Wildman–Crippen LogP) is 2.81. The van der Waals surface area contributed by atoms with E-state index in [1.165, 1.54) is 0 Å². The number of benzene rings is 1. The van der Waals surface area contributed by atoms with E-state index in [0.717, 1.165) is 12.1 Å². The van der Waals surface area contributed by atoms with Crippen molar-refractivity contribution in [1.82, 2.24) is 5.32 Å². The van der Waals surface area contributed by atoms with Crippen LogP contribution in [0.3, 0.4) is 0 Å².